The number of fused-ring (bicyclic) bond motifs is 1. The topological polar surface area (TPSA) is 94.3 Å². The van der Waals surface area contributed by atoms with Crippen LogP contribution in [0.3, 0.4) is 0 Å². The van der Waals surface area contributed by atoms with Crippen LogP contribution in [0.1, 0.15) is 22.4 Å². The molecule has 0 fully saturated rings. The lowest BCUT2D eigenvalue weighted by molar-refractivity contribution is 0.106. The van der Waals surface area contributed by atoms with Gasteiger partial charge in [-0.05, 0) is 29.7 Å². The summed E-state index contributed by atoms with van der Waals surface area (Å²) < 4.78 is 39.0. The van der Waals surface area contributed by atoms with Crippen LogP contribution in [0.2, 0.25) is 0 Å². The second-order valence-corrected chi connectivity index (χ2v) is 8.63. The molecule has 2 aromatic heterocycles. The highest BCUT2D eigenvalue weighted by Gasteiger charge is 2.18. The van der Waals surface area contributed by atoms with Crippen molar-refractivity contribution in [2.75, 3.05) is 0 Å². The molecule has 0 saturated carbocycles. The molecule has 0 amide bonds. The van der Waals surface area contributed by atoms with E-state index in [-0.39, 0.29) is 11.4 Å². The predicted octanol–water partition coefficient (Wildman–Crippen LogP) is 3.73. The lowest BCUT2D eigenvalue weighted by Crippen LogP contribution is -2.24. The van der Waals surface area contributed by atoms with Crippen molar-refractivity contribution >= 4 is 21.1 Å². The molecule has 2 aromatic carbocycles. The molecule has 0 aliphatic heterocycles. The molecule has 154 valence electrons. The van der Waals surface area contributed by atoms with Gasteiger partial charge in [0.05, 0.1) is 30.5 Å². The Kier molecular flexibility index (Phi) is 5.89. The molecule has 4 aromatic rings. The summed E-state index contributed by atoms with van der Waals surface area (Å²) in [4.78, 5) is 4.11. The third-order valence-corrected chi connectivity index (χ3v) is 6.10. The zero-order chi connectivity index (χ0) is 21.0. The molecule has 2 heterocycles. The van der Waals surface area contributed by atoms with Crippen molar-refractivity contribution in [3.05, 3.63) is 89.2 Å². The predicted molar refractivity (Wildman–Crippen MR) is 112 cm³/mol. The Hall–Kier alpha value is -3.07. The van der Waals surface area contributed by atoms with Gasteiger partial charge in [0.2, 0.25) is 10.0 Å². The Labute approximate surface area is 174 Å². The second-order valence-electron chi connectivity index (χ2n) is 6.86. The number of hydrogen-bond donors (Lipinski definition) is 1. The number of aryl methyl sites for hydroxylation is 1. The summed E-state index contributed by atoms with van der Waals surface area (Å²) in [5, 5.41) is 4.38. The molecule has 4 rings (SSSR count). The molecule has 0 aliphatic rings. The van der Waals surface area contributed by atoms with Gasteiger partial charge in [-0.25, -0.2) is 18.1 Å². The first-order valence-corrected chi connectivity index (χ1v) is 10.9. The fourth-order valence-corrected chi connectivity index (χ4v) is 4.03. The minimum atomic E-state index is -3.75. The summed E-state index contributed by atoms with van der Waals surface area (Å²) in [5.74, 6) is 0. The number of sulfonamides is 1. The number of benzene rings is 2. The number of nitrogens with one attached hydrogen (secondary N) is 1. The highest BCUT2D eigenvalue weighted by atomic mass is 32.2. The molecule has 0 radical (unpaired) electrons. The van der Waals surface area contributed by atoms with Gasteiger partial charge in [-0.3, -0.25) is 0 Å². The van der Waals surface area contributed by atoms with E-state index in [9.17, 15) is 8.42 Å². The normalized spacial score (nSPS) is 11.8. The van der Waals surface area contributed by atoms with Gasteiger partial charge in [0.1, 0.15) is 4.90 Å². The summed E-state index contributed by atoms with van der Waals surface area (Å²) in [7, 11) is -3.75. The third kappa shape index (κ3) is 4.56. The number of aromatic nitrogens is 2. The van der Waals surface area contributed by atoms with E-state index in [1.165, 1.54) is 12.3 Å². The maximum absolute atomic E-state index is 12.8. The SMILES string of the molecule is Cc1noc2ncc(S(=O)(=O)NCc3ccccc3COCc3ccccc3)cc12. The Morgan fingerprint density at radius 3 is 2.53 bits per heavy atom. The first-order valence-electron chi connectivity index (χ1n) is 9.43. The molecule has 0 spiro atoms. The standard InChI is InChI=1S/C22H21N3O4S/c1-16-21-11-20(13-23-22(21)29-25-16)30(26,27)24-12-18-9-5-6-10-19(18)15-28-14-17-7-3-2-4-8-17/h2-11,13,24H,12,14-15H2,1H3. The maximum atomic E-state index is 12.8. The van der Waals surface area contributed by atoms with Crippen molar-refractivity contribution < 1.29 is 17.7 Å². The van der Waals surface area contributed by atoms with Gasteiger partial charge in [-0.15, -0.1) is 0 Å². The van der Waals surface area contributed by atoms with E-state index in [1.54, 1.807) is 6.92 Å². The number of rotatable bonds is 8. The quantitative estimate of drug-likeness (QED) is 0.464. The molecular formula is C22H21N3O4S. The molecule has 30 heavy (non-hydrogen) atoms. The number of ether oxygens (including phenoxy) is 1. The zero-order valence-electron chi connectivity index (χ0n) is 16.4. The molecule has 0 bridgehead atoms. The van der Waals surface area contributed by atoms with Crippen LogP contribution in [0.5, 0.6) is 0 Å². The van der Waals surface area contributed by atoms with Crippen LogP contribution in [0.4, 0.5) is 0 Å². The van der Waals surface area contributed by atoms with E-state index in [0.717, 1.165) is 16.7 Å². The van der Waals surface area contributed by atoms with Gasteiger partial charge >= 0.3 is 0 Å². The molecule has 7 nitrogen and oxygen atoms in total. The fraction of sp³-hybridized carbons (Fsp3) is 0.182. The Morgan fingerprint density at radius 1 is 1.00 bits per heavy atom. The zero-order valence-corrected chi connectivity index (χ0v) is 17.2. The second kappa shape index (κ2) is 8.74. The summed E-state index contributed by atoms with van der Waals surface area (Å²) in [5.41, 5.74) is 3.77. The smallest absolute Gasteiger partial charge is 0.257 e. The van der Waals surface area contributed by atoms with E-state index in [2.05, 4.69) is 14.9 Å². The van der Waals surface area contributed by atoms with Crippen LogP contribution in [-0.4, -0.2) is 18.6 Å². The summed E-state index contributed by atoms with van der Waals surface area (Å²) in [6, 6.07) is 19.0. The van der Waals surface area contributed by atoms with Gasteiger partial charge in [0.15, 0.2) is 0 Å². The van der Waals surface area contributed by atoms with Crippen molar-refractivity contribution in [3.8, 4) is 0 Å². The summed E-state index contributed by atoms with van der Waals surface area (Å²) >= 11 is 0. The van der Waals surface area contributed by atoms with Crippen LogP contribution in [0.15, 0.2) is 76.3 Å². The molecule has 0 atom stereocenters. The summed E-state index contributed by atoms with van der Waals surface area (Å²) in [6.07, 6.45) is 1.27. The number of hydrogen-bond acceptors (Lipinski definition) is 6. The van der Waals surface area contributed by atoms with Crippen molar-refractivity contribution in [2.24, 2.45) is 0 Å². The molecule has 8 heteroatoms. The fourth-order valence-electron chi connectivity index (χ4n) is 3.05. The van der Waals surface area contributed by atoms with Crippen LogP contribution in [0, 0.1) is 6.92 Å². The lowest BCUT2D eigenvalue weighted by Gasteiger charge is -2.12. The molecule has 0 aliphatic carbocycles. The minimum absolute atomic E-state index is 0.0686. The van der Waals surface area contributed by atoms with Crippen molar-refractivity contribution in [1.82, 2.24) is 14.9 Å². The average Bonchev–Trinajstić information content (AvgIpc) is 3.14. The molecule has 0 saturated heterocycles. The number of pyridine rings is 1. The molecule has 0 unspecified atom stereocenters. The first-order chi connectivity index (χ1) is 14.5. The van der Waals surface area contributed by atoms with E-state index in [1.807, 2.05) is 54.6 Å². The van der Waals surface area contributed by atoms with Crippen LogP contribution < -0.4 is 4.72 Å². The van der Waals surface area contributed by atoms with E-state index in [4.69, 9.17) is 9.26 Å². The van der Waals surface area contributed by atoms with Gasteiger partial charge in [-0.2, -0.15) is 0 Å². The number of nitrogens with zero attached hydrogens (tertiary/aromatic N) is 2. The summed E-state index contributed by atoms with van der Waals surface area (Å²) in [6.45, 7) is 2.77. The molecular weight excluding hydrogens is 402 g/mol. The Morgan fingerprint density at radius 2 is 1.73 bits per heavy atom. The molecule has 1 N–H and O–H groups in total. The van der Waals surface area contributed by atoms with Crippen LogP contribution in [-0.2, 0) is 34.5 Å². The van der Waals surface area contributed by atoms with Gasteiger partial charge < -0.3 is 9.26 Å². The Balaban J connectivity index is 1.44. The van der Waals surface area contributed by atoms with Gasteiger partial charge in [0, 0.05) is 6.54 Å². The monoisotopic (exact) mass is 423 g/mol. The van der Waals surface area contributed by atoms with Crippen LogP contribution in [0.25, 0.3) is 11.1 Å². The van der Waals surface area contributed by atoms with E-state index < -0.39 is 10.0 Å². The maximum Gasteiger partial charge on any atom is 0.257 e. The lowest BCUT2D eigenvalue weighted by atomic mass is 10.1. The third-order valence-electron chi connectivity index (χ3n) is 4.74. The highest BCUT2D eigenvalue weighted by molar-refractivity contribution is 7.89. The van der Waals surface area contributed by atoms with Crippen molar-refractivity contribution in [1.29, 1.82) is 0 Å². The van der Waals surface area contributed by atoms with Crippen molar-refractivity contribution in [3.63, 3.8) is 0 Å². The minimum Gasteiger partial charge on any atom is -0.372 e. The van der Waals surface area contributed by atoms with Gasteiger partial charge in [0.25, 0.3) is 5.71 Å². The largest absolute Gasteiger partial charge is 0.372 e. The highest BCUT2D eigenvalue weighted by Crippen LogP contribution is 2.20. The van der Waals surface area contributed by atoms with Crippen LogP contribution >= 0.6 is 0 Å². The van der Waals surface area contributed by atoms with E-state index >= 15 is 0 Å². The van der Waals surface area contributed by atoms with E-state index in [0.29, 0.717) is 30.0 Å². The van der Waals surface area contributed by atoms with Crippen molar-refractivity contribution in [2.45, 2.75) is 31.6 Å². The Bertz CT molecular complexity index is 1250. The average molecular weight is 423 g/mol. The first kappa shape index (κ1) is 20.2. The van der Waals surface area contributed by atoms with Gasteiger partial charge in [-0.1, -0.05) is 59.8 Å².